The van der Waals surface area contributed by atoms with Gasteiger partial charge in [-0.05, 0) is 48.0 Å². The van der Waals surface area contributed by atoms with Crippen LogP contribution >= 0.6 is 0 Å². The molecule has 4 aromatic carbocycles. The summed E-state index contributed by atoms with van der Waals surface area (Å²) >= 11 is 0. The lowest BCUT2D eigenvalue weighted by molar-refractivity contribution is -0.122. The minimum absolute atomic E-state index is 0.0447. The molecule has 2 heterocycles. The van der Waals surface area contributed by atoms with Crippen LogP contribution in [0.1, 0.15) is 15.9 Å². The van der Waals surface area contributed by atoms with Crippen LogP contribution < -0.4 is 9.80 Å². The van der Waals surface area contributed by atoms with E-state index in [0.29, 0.717) is 33.9 Å². The monoisotopic (exact) mass is 636 g/mol. The molecule has 0 N–H and O–H groups in total. The van der Waals surface area contributed by atoms with Gasteiger partial charge in [-0.3, -0.25) is 19.4 Å². The lowest BCUT2D eigenvalue weighted by Crippen LogP contribution is -2.63. The van der Waals surface area contributed by atoms with E-state index in [2.05, 4.69) is 0 Å². The van der Waals surface area contributed by atoms with E-state index in [0.717, 1.165) is 6.26 Å². The van der Waals surface area contributed by atoms with Gasteiger partial charge in [0.2, 0.25) is 0 Å². The molecule has 4 aromatic rings. The molecular weight excluding hydrogens is 604 g/mol. The van der Waals surface area contributed by atoms with Gasteiger partial charge in [-0.15, -0.1) is 0 Å². The first-order valence-electron chi connectivity index (χ1n) is 14.8. The fourth-order valence-electron chi connectivity index (χ4n) is 6.00. The third kappa shape index (κ3) is 6.14. The maximum atomic E-state index is 14.6. The second-order valence-electron chi connectivity index (χ2n) is 11.3. The Morgan fingerprint density at radius 2 is 1.33 bits per heavy atom. The van der Waals surface area contributed by atoms with Gasteiger partial charge in [0.05, 0.1) is 29.3 Å². The first-order chi connectivity index (χ1) is 22.1. The second-order valence-corrected chi connectivity index (χ2v) is 13.5. The predicted octanol–water partition coefficient (Wildman–Crippen LogP) is 5.24. The van der Waals surface area contributed by atoms with Crippen LogP contribution in [0.5, 0.6) is 0 Å². The zero-order valence-corrected chi connectivity index (χ0v) is 26.0. The molecule has 46 heavy (non-hydrogen) atoms. The fraction of sp³-hybridized carbons (Fsp3) is 0.200. The number of sulfone groups is 1. The van der Waals surface area contributed by atoms with Crippen LogP contribution in [0.15, 0.2) is 109 Å². The molecule has 11 heteroatoms. The van der Waals surface area contributed by atoms with Crippen LogP contribution in [0.4, 0.5) is 32.3 Å². The number of hydrogen-bond acceptors (Lipinski definition) is 6. The summed E-state index contributed by atoms with van der Waals surface area (Å²) < 4.78 is 24.6. The van der Waals surface area contributed by atoms with E-state index in [9.17, 15) is 27.6 Å². The third-order valence-corrected chi connectivity index (χ3v) is 8.92. The Labute approximate surface area is 267 Å². The van der Waals surface area contributed by atoms with Crippen molar-refractivity contribution in [3.05, 3.63) is 120 Å². The minimum Gasteiger partial charge on any atom is -0.320 e. The number of anilines is 4. The molecule has 2 aliphatic rings. The highest BCUT2D eigenvalue weighted by Gasteiger charge is 2.42. The second kappa shape index (κ2) is 12.6. The van der Waals surface area contributed by atoms with Crippen molar-refractivity contribution in [3.63, 3.8) is 0 Å². The highest BCUT2D eigenvalue weighted by Crippen LogP contribution is 2.37. The molecule has 10 nitrogen and oxygen atoms in total. The van der Waals surface area contributed by atoms with Crippen molar-refractivity contribution < 1.29 is 27.6 Å². The fourth-order valence-corrected chi connectivity index (χ4v) is 6.71. The van der Waals surface area contributed by atoms with E-state index in [1.165, 1.54) is 19.6 Å². The Morgan fingerprint density at radius 3 is 1.96 bits per heavy atom. The first-order valence-corrected chi connectivity index (χ1v) is 16.9. The van der Waals surface area contributed by atoms with E-state index < -0.39 is 39.5 Å². The quantitative estimate of drug-likeness (QED) is 0.296. The Bertz CT molecular complexity index is 1880. The zero-order chi connectivity index (χ0) is 32.4. The molecule has 1 saturated heterocycles. The highest BCUT2D eigenvalue weighted by molar-refractivity contribution is 7.91. The smallest absolute Gasteiger partial charge is 0.320 e. The van der Waals surface area contributed by atoms with E-state index in [1.54, 1.807) is 72.8 Å². The lowest BCUT2D eigenvalue weighted by atomic mass is 10.0. The molecular formula is C35H32N4O6S. The summed E-state index contributed by atoms with van der Waals surface area (Å²) in [6.07, 6.45) is 1.05. The third-order valence-electron chi connectivity index (χ3n) is 8.11. The van der Waals surface area contributed by atoms with Gasteiger partial charge in [0.25, 0.3) is 0 Å². The van der Waals surface area contributed by atoms with Crippen molar-refractivity contribution in [3.8, 4) is 0 Å². The van der Waals surface area contributed by atoms with Gasteiger partial charge in [0, 0.05) is 31.3 Å². The summed E-state index contributed by atoms with van der Waals surface area (Å²) in [5, 5.41) is 0. The number of hydrogen-bond donors (Lipinski definition) is 0. The number of nitrogens with zero attached hydrogens (tertiary/aromatic N) is 4. The maximum Gasteiger partial charge on any atom is 0.329 e. The zero-order valence-electron chi connectivity index (χ0n) is 25.2. The van der Waals surface area contributed by atoms with Crippen molar-refractivity contribution in [2.75, 3.05) is 41.4 Å². The molecule has 0 aromatic heterocycles. The standard InChI is InChI=1S/C35H32N4O6S/c1-46(44,45)24-33(41)31-23-36(34(42)38(26-13-4-2-5-14-26)27-15-6-3-7-16-27)20-21-37(31)35(43)39-29-18-10-8-12-25(29)22-32(40)28-17-9-11-19-30(28)39/h2-19,31H,20-24H2,1H3/t31-/m0/s1. The van der Waals surface area contributed by atoms with Gasteiger partial charge in [-0.25, -0.2) is 18.0 Å². The number of benzene rings is 4. The topological polar surface area (TPSA) is 115 Å². The Kier molecular flexibility index (Phi) is 8.42. The van der Waals surface area contributed by atoms with E-state index in [-0.39, 0.29) is 31.8 Å². The van der Waals surface area contributed by atoms with Crippen molar-refractivity contribution in [1.82, 2.24) is 9.80 Å². The van der Waals surface area contributed by atoms with Gasteiger partial charge >= 0.3 is 12.1 Å². The number of carbonyl (C=O) groups is 4. The summed E-state index contributed by atoms with van der Waals surface area (Å²) in [6.45, 7) is -0.179. The summed E-state index contributed by atoms with van der Waals surface area (Å²) in [6, 6.07) is 29.7. The summed E-state index contributed by atoms with van der Waals surface area (Å²) in [7, 11) is -3.76. The van der Waals surface area contributed by atoms with Crippen LogP contribution in [0, 0.1) is 0 Å². The number of piperazine rings is 1. The number of ketones is 2. The molecule has 0 radical (unpaired) electrons. The number of para-hydroxylation sites is 4. The largest absolute Gasteiger partial charge is 0.329 e. The van der Waals surface area contributed by atoms with Crippen LogP contribution in [0.3, 0.4) is 0 Å². The van der Waals surface area contributed by atoms with Crippen molar-refractivity contribution in [2.24, 2.45) is 0 Å². The molecule has 6 rings (SSSR count). The highest BCUT2D eigenvalue weighted by atomic mass is 32.2. The molecule has 1 fully saturated rings. The molecule has 1 atom stereocenters. The molecule has 0 saturated carbocycles. The molecule has 2 aliphatic heterocycles. The Balaban J connectivity index is 1.38. The molecule has 234 valence electrons. The summed E-state index contributed by atoms with van der Waals surface area (Å²) in [5.41, 5.74) is 3.09. The first kappa shape index (κ1) is 30.7. The van der Waals surface area contributed by atoms with Crippen LogP contribution in [0.25, 0.3) is 0 Å². The van der Waals surface area contributed by atoms with Crippen molar-refractivity contribution in [1.29, 1.82) is 0 Å². The van der Waals surface area contributed by atoms with Gasteiger partial charge in [-0.1, -0.05) is 66.7 Å². The maximum absolute atomic E-state index is 14.6. The normalized spacial score (nSPS) is 16.2. The Morgan fingerprint density at radius 1 is 0.761 bits per heavy atom. The molecule has 0 aliphatic carbocycles. The number of amides is 4. The number of urea groups is 2. The number of Topliss-reactive ketones (excluding diaryl/α,β-unsaturated/α-hetero) is 2. The molecule has 0 spiro atoms. The SMILES string of the molecule is CS(=O)(=O)CC(=O)[C@@H]1CN(C(=O)N(c2ccccc2)c2ccccc2)CCN1C(=O)N1c2ccccc2CC(=O)c2ccccc21. The van der Waals surface area contributed by atoms with E-state index >= 15 is 0 Å². The number of rotatable bonds is 5. The van der Waals surface area contributed by atoms with Gasteiger partial charge in [0.1, 0.15) is 11.8 Å². The average Bonchev–Trinajstić information content (AvgIpc) is 3.18. The summed E-state index contributed by atoms with van der Waals surface area (Å²) in [4.78, 5) is 61.5. The van der Waals surface area contributed by atoms with Crippen molar-refractivity contribution >= 4 is 56.2 Å². The molecule has 4 amide bonds. The average molecular weight is 637 g/mol. The summed E-state index contributed by atoms with van der Waals surface area (Å²) in [5.74, 6) is -1.65. The number of fused-ring (bicyclic) bond motifs is 2. The van der Waals surface area contributed by atoms with Gasteiger partial charge < -0.3 is 9.80 Å². The Hall–Kier alpha value is -5.29. The van der Waals surface area contributed by atoms with Crippen LogP contribution in [-0.2, 0) is 21.1 Å². The van der Waals surface area contributed by atoms with E-state index in [4.69, 9.17) is 0 Å². The van der Waals surface area contributed by atoms with Gasteiger partial charge in [-0.2, -0.15) is 0 Å². The molecule has 0 bridgehead atoms. The predicted molar refractivity (Wildman–Crippen MR) is 176 cm³/mol. The molecule has 0 unspecified atom stereocenters. The lowest BCUT2D eigenvalue weighted by Gasteiger charge is -2.43. The minimum atomic E-state index is -3.76. The van der Waals surface area contributed by atoms with E-state index in [1.807, 2.05) is 36.4 Å². The van der Waals surface area contributed by atoms with Gasteiger partial charge in [0.15, 0.2) is 21.4 Å². The van der Waals surface area contributed by atoms with Crippen LogP contribution in [0.2, 0.25) is 0 Å². The number of carbonyl (C=O) groups excluding carboxylic acids is 4. The van der Waals surface area contributed by atoms with Crippen LogP contribution in [-0.4, -0.2) is 79.5 Å². The van der Waals surface area contributed by atoms with Crippen molar-refractivity contribution in [2.45, 2.75) is 12.5 Å².